The van der Waals surface area contributed by atoms with Crippen LogP contribution in [0.3, 0.4) is 0 Å². The van der Waals surface area contributed by atoms with Crippen molar-refractivity contribution in [3.63, 3.8) is 0 Å². The van der Waals surface area contributed by atoms with Crippen LogP contribution in [0.4, 0.5) is 11.4 Å². The maximum Gasteiger partial charge on any atom is 0.227 e. The molecule has 0 heterocycles. The molecule has 2 rings (SSSR count). The Labute approximate surface area is 139 Å². The smallest absolute Gasteiger partial charge is 0.227 e. The first-order valence-electron chi connectivity index (χ1n) is 8.82. The zero-order valence-corrected chi connectivity index (χ0v) is 14.3. The zero-order chi connectivity index (χ0) is 16.7. The van der Waals surface area contributed by atoms with Gasteiger partial charge < -0.3 is 10.6 Å². The van der Waals surface area contributed by atoms with Gasteiger partial charge in [0, 0.05) is 23.7 Å². The Kier molecular flexibility index (Phi) is 6.63. The molecule has 0 aromatic heterocycles. The number of hydrogen-bond donors (Lipinski definition) is 2. The summed E-state index contributed by atoms with van der Waals surface area (Å²) in [7, 11) is 0. The molecule has 0 atom stereocenters. The Morgan fingerprint density at radius 2 is 1.70 bits per heavy atom. The minimum Gasteiger partial charge on any atom is -0.326 e. The lowest BCUT2D eigenvalue weighted by Crippen LogP contribution is -2.16. The molecule has 0 aliphatic heterocycles. The minimum absolute atomic E-state index is 0.0512. The summed E-state index contributed by atoms with van der Waals surface area (Å²) in [5, 5.41) is 5.93. The number of hydrogen-bond acceptors (Lipinski definition) is 2. The molecule has 23 heavy (non-hydrogen) atoms. The number of benzene rings is 1. The average molecular weight is 316 g/mol. The van der Waals surface area contributed by atoms with Crippen LogP contribution in [0.2, 0.25) is 0 Å². The van der Waals surface area contributed by atoms with Gasteiger partial charge >= 0.3 is 0 Å². The Hall–Kier alpha value is -1.84. The Morgan fingerprint density at radius 1 is 1.04 bits per heavy atom. The molecule has 0 unspecified atom stereocenters. The highest BCUT2D eigenvalue weighted by atomic mass is 16.2. The molecular formula is C19H28N2O2. The van der Waals surface area contributed by atoms with Crippen LogP contribution in [-0.2, 0) is 9.59 Å². The van der Waals surface area contributed by atoms with Crippen LogP contribution in [0.5, 0.6) is 0 Å². The molecule has 2 amide bonds. The molecule has 0 saturated heterocycles. The van der Waals surface area contributed by atoms with Crippen LogP contribution in [0.1, 0.15) is 63.9 Å². The third kappa shape index (κ3) is 5.70. The summed E-state index contributed by atoms with van der Waals surface area (Å²) < 4.78 is 0. The number of rotatable bonds is 9. The minimum atomic E-state index is 0.0512. The SMILES string of the molecule is CCCCCCCC(=O)Nc1cccc(NC(=O)C2CC2)c1C. The first-order valence-corrected chi connectivity index (χ1v) is 8.82. The van der Waals surface area contributed by atoms with Gasteiger partial charge in [-0.3, -0.25) is 9.59 Å². The van der Waals surface area contributed by atoms with Crippen molar-refractivity contribution in [2.24, 2.45) is 5.92 Å². The molecule has 1 aromatic carbocycles. The van der Waals surface area contributed by atoms with Gasteiger partial charge in [0.1, 0.15) is 0 Å². The van der Waals surface area contributed by atoms with Crippen molar-refractivity contribution in [2.45, 2.75) is 65.2 Å². The maximum absolute atomic E-state index is 12.1. The first-order chi connectivity index (χ1) is 11.1. The molecule has 1 aromatic rings. The second-order valence-corrected chi connectivity index (χ2v) is 6.45. The molecule has 1 aliphatic carbocycles. The summed E-state index contributed by atoms with van der Waals surface area (Å²) in [5.41, 5.74) is 2.50. The molecule has 0 bridgehead atoms. The van der Waals surface area contributed by atoms with E-state index in [1.54, 1.807) is 0 Å². The van der Waals surface area contributed by atoms with Gasteiger partial charge in [0.05, 0.1) is 0 Å². The van der Waals surface area contributed by atoms with Crippen LogP contribution in [-0.4, -0.2) is 11.8 Å². The Balaban J connectivity index is 1.84. The number of unbranched alkanes of at least 4 members (excludes halogenated alkanes) is 4. The summed E-state index contributed by atoms with van der Waals surface area (Å²) in [4.78, 5) is 23.9. The van der Waals surface area contributed by atoms with E-state index in [0.717, 1.165) is 42.6 Å². The summed E-state index contributed by atoms with van der Waals surface area (Å²) in [6.45, 7) is 4.11. The van der Waals surface area contributed by atoms with E-state index in [1.165, 1.54) is 19.3 Å². The number of amides is 2. The zero-order valence-electron chi connectivity index (χ0n) is 14.3. The second-order valence-electron chi connectivity index (χ2n) is 6.45. The lowest BCUT2D eigenvalue weighted by molar-refractivity contribution is -0.117. The number of carbonyl (C=O) groups is 2. The van der Waals surface area contributed by atoms with Gasteiger partial charge in [0.2, 0.25) is 11.8 Å². The van der Waals surface area contributed by atoms with Gasteiger partial charge in [-0.05, 0) is 43.9 Å². The van der Waals surface area contributed by atoms with Crippen molar-refractivity contribution in [3.05, 3.63) is 23.8 Å². The molecule has 1 saturated carbocycles. The van der Waals surface area contributed by atoms with E-state index in [4.69, 9.17) is 0 Å². The van der Waals surface area contributed by atoms with Crippen molar-refractivity contribution in [1.82, 2.24) is 0 Å². The van der Waals surface area contributed by atoms with Crippen molar-refractivity contribution in [1.29, 1.82) is 0 Å². The van der Waals surface area contributed by atoms with Crippen LogP contribution in [0.15, 0.2) is 18.2 Å². The summed E-state index contributed by atoms with van der Waals surface area (Å²) in [6, 6.07) is 5.64. The van der Waals surface area contributed by atoms with E-state index < -0.39 is 0 Å². The fraction of sp³-hybridized carbons (Fsp3) is 0.579. The first kappa shape index (κ1) is 17.5. The fourth-order valence-corrected chi connectivity index (χ4v) is 2.59. The van der Waals surface area contributed by atoms with Gasteiger partial charge in [-0.1, -0.05) is 38.7 Å². The molecule has 2 N–H and O–H groups in total. The van der Waals surface area contributed by atoms with E-state index in [2.05, 4.69) is 17.6 Å². The maximum atomic E-state index is 12.1. The third-order valence-corrected chi connectivity index (χ3v) is 4.32. The topological polar surface area (TPSA) is 58.2 Å². The van der Waals surface area contributed by atoms with Crippen molar-refractivity contribution >= 4 is 23.2 Å². The normalized spacial score (nSPS) is 13.7. The molecule has 126 valence electrons. The number of nitrogens with one attached hydrogen (secondary N) is 2. The molecule has 0 spiro atoms. The average Bonchev–Trinajstić information content (AvgIpc) is 3.36. The predicted octanol–water partition coefficient (Wildman–Crippen LogP) is 4.64. The molecule has 0 radical (unpaired) electrons. The summed E-state index contributed by atoms with van der Waals surface area (Å²) >= 11 is 0. The quantitative estimate of drug-likeness (QED) is 0.652. The van der Waals surface area contributed by atoms with Crippen molar-refractivity contribution < 1.29 is 9.59 Å². The monoisotopic (exact) mass is 316 g/mol. The van der Waals surface area contributed by atoms with Crippen LogP contribution in [0.25, 0.3) is 0 Å². The van der Waals surface area contributed by atoms with Gasteiger partial charge in [0.25, 0.3) is 0 Å². The summed E-state index contributed by atoms with van der Waals surface area (Å²) in [5.74, 6) is 0.318. The highest BCUT2D eigenvalue weighted by Crippen LogP contribution is 2.31. The Bertz CT molecular complexity index is 550. The molecule has 1 aliphatic rings. The molecule has 4 heteroatoms. The summed E-state index contributed by atoms with van der Waals surface area (Å²) in [6.07, 6.45) is 8.22. The van der Waals surface area contributed by atoms with Crippen LogP contribution < -0.4 is 10.6 Å². The van der Waals surface area contributed by atoms with Gasteiger partial charge in [-0.25, -0.2) is 0 Å². The van der Waals surface area contributed by atoms with E-state index in [1.807, 2.05) is 25.1 Å². The van der Waals surface area contributed by atoms with Gasteiger partial charge in [-0.15, -0.1) is 0 Å². The fourth-order valence-electron chi connectivity index (χ4n) is 2.59. The van der Waals surface area contributed by atoms with Gasteiger partial charge in [0.15, 0.2) is 0 Å². The molecular weight excluding hydrogens is 288 g/mol. The highest BCUT2D eigenvalue weighted by molar-refractivity contribution is 5.97. The lowest BCUT2D eigenvalue weighted by Gasteiger charge is -2.13. The van der Waals surface area contributed by atoms with Crippen LogP contribution in [0, 0.1) is 12.8 Å². The predicted molar refractivity (Wildman–Crippen MR) is 94.5 cm³/mol. The standard InChI is InChI=1S/C19H28N2O2/c1-3-4-5-6-7-11-18(22)20-16-9-8-10-17(14(16)2)21-19(23)15-12-13-15/h8-10,15H,3-7,11-13H2,1-2H3,(H,20,22)(H,21,23). The molecule has 1 fully saturated rings. The lowest BCUT2D eigenvalue weighted by atomic mass is 10.1. The number of anilines is 2. The van der Waals surface area contributed by atoms with Crippen molar-refractivity contribution in [2.75, 3.05) is 10.6 Å². The largest absolute Gasteiger partial charge is 0.326 e. The van der Waals surface area contributed by atoms with E-state index in [0.29, 0.717) is 6.42 Å². The van der Waals surface area contributed by atoms with E-state index >= 15 is 0 Å². The molecule has 4 nitrogen and oxygen atoms in total. The highest BCUT2D eigenvalue weighted by Gasteiger charge is 2.29. The Morgan fingerprint density at radius 3 is 2.35 bits per heavy atom. The van der Waals surface area contributed by atoms with E-state index in [9.17, 15) is 9.59 Å². The second kappa shape index (κ2) is 8.70. The third-order valence-electron chi connectivity index (χ3n) is 4.32. The van der Waals surface area contributed by atoms with E-state index in [-0.39, 0.29) is 17.7 Å². The van der Waals surface area contributed by atoms with Crippen molar-refractivity contribution in [3.8, 4) is 0 Å². The van der Waals surface area contributed by atoms with Crippen LogP contribution >= 0.6 is 0 Å². The number of carbonyl (C=O) groups excluding carboxylic acids is 2. The van der Waals surface area contributed by atoms with Gasteiger partial charge in [-0.2, -0.15) is 0 Å².